The minimum Gasteiger partial charge on any atom is -0.497 e. The van der Waals surface area contributed by atoms with Crippen molar-refractivity contribution >= 4 is 5.91 Å². The topological polar surface area (TPSA) is 41.6 Å². The van der Waals surface area contributed by atoms with Crippen LogP contribution in [0.3, 0.4) is 0 Å². The Morgan fingerprint density at radius 1 is 1.38 bits per heavy atom. The van der Waals surface area contributed by atoms with E-state index in [0.717, 1.165) is 37.2 Å². The van der Waals surface area contributed by atoms with Crippen LogP contribution in [0.25, 0.3) is 0 Å². The number of nitrogens with one attached hydrogen (secondary N) is 1. The average molecular weight is 290 g/mol. The highest BCUT2D eigenvalue weighted by atomic mass is 16.5. The number of amides is 1. The third-order valence-corrected chi connectivity index (χ3v) is 4.27. The Bertz CT molecular complexity index is 476. The summed E-state index contributed by atoms with van der Waals surface area (Å²) in [5.74, 6) is 1.02. The van der Waals surface area contributed by atoms with Gasteiger partial charge in [0.15, 0.2) is 0 Å². The summed E-state index contributed by atoms with van der Waals surface area (Å²) in [4.78, 5) is 14.7. The van der Waals surface area contributed by atoms with Crippen molar-refractivity contribution in [1.82, 2.24) is 10.2 Å². The second kappa shape index (κ2) is 7.46. The second-order valence-corrected chi connectivity index (χ2v) is 5.65. The Morgan fingerprint density at radius 2 is 2.19 bits per heavy atom. The van der Waals surface area contributed by atoms with Crippen LogP contribution in [0.1, 0.15) is 32.3 Å². The number of hydrogen-bond donors (Lipinski definition) is 1. The summed E-state index contributed by atoms with van der Waals surface area (Å²) in [6.07, 6.45) is 2.50. The van der Waals surface area contributed by atoms with E-state index in [2.05, 4.69) is 24.1 Å². The molecule has 0 aliphatic carbocycles. The van der Waals surface area contributed by atoms with Gasteiger partial charge in [-0.1, -0.05) is 26.0 Å². The lowest BCUT2D eigenvalue weighted by Gasteiger charge is -2.40. The zero-order chi connectivity index (χ0) is 15.2. The van der Waals surface area contributed by atoms with Crippen LogP contribution in [-0.4, -0.2) is 43.1 Å². The Hall–Kier alpha value is -1.55. The van der Waals surface area contributed by atoms with Gasteiger partial charge in [0.1, 0.15) is 5.75 Å². The van der Waals surface area contributed by atoms with E-state index in [-0.39, 0.29) is 5.91 Å². The van der Waals surface area contributed by atoms with Gasteiger partial charge in [-0.2, -0.15) is 0 Å². The van der Waals surface area contributed by atoms with Crippen molar-refractivity contribution in [2.24, 2.45) is 0 Å². The van der Waals surface area contributed by atoms with E-state index in [1.807, 2.05) is 24.3 Å². The van der Waals surface area contributed by atoms with E-state index >= 15 is 0 Å². The van der Waals surface area contributed by atoms with Gasteiger partial charge in [0.05, 0.1) is 13.5 Å². The van der Waals surface area contributed by atoms with Crippen LogP contribution in [0, 0.1) is 0 Å². The molecular weight excluding hydrogens is 264 g/mol. The molecule has 1 aromatic carbocycles. The van der Waals surface area contributed by atoms with Gasteiger partial charge in [-0.25, -0.2) is 0 Å². The summed E-state index contributed by atoms with van der Waals surface area (Å²) in [5.41, 5.74) is 1.01. The zero-order valence-corrected chi connectivity index (χ0v) is 13.3. The molecule has 2 atom stereocenters. The minimum atomic E-state index is 0.218. The smallest absolute Gasteiger partial charge is 0.227 e. The maximum absolute atomic E-state index is 12.7. The molecule has 1 aliphatic rings. The van der Waals surface area contributed by atoms with E-state index in [1.165, 1.54) is 0 Å². The van der Waals surface area contributed by atoms with Crippen LogP contribution >= 0.6 is 0 Å². The lowest BCUT2D eigenvalue weighted by molar-refractivity contribution is -0.134. The molecule has 4 nitrogen and oxygen atoms in total. The van der Waals surface area contributed by atoms with Crippen molar-refractivity contribution in [1.29, 1.82) is 0 Å². The third-order valence-electron chi connectivity index (χ3n) is 4.27. The van der Waals surface area contributed by atoms with E-state index in [9.17, 15) is 4.79 Å². The van der Waals surface area contributed by atoms with E-state index < -0.39 is 0 Å². The van der Waals surface area contributed by atoms with Crippen LogP contribution in [0.5, 0.6) is 5.75 Å². The highest BCUT2D eigenvalue weighted by Gasteiger charge is 2.29. The number of nitrogens with zero attached hydrogens (tertiary/aromatic N) is 1. The number of methoxy groups -OCH3 is 1. The van der Waals surface area contributed by atoms with Gasteiger partial charge in [0.25, 0.3) is 0 Å². The summed E-state index contributed by atoms with van der Waals surface area (Å²) in [5, 5.41) is 3.52. The first kappa shape index (κ1) is 15.8. The summed E-state index contributed by atoms with van der Waals surface area (Å²) >= 11 is 0. The molecule has 1 fully saturated rings. The first-order valence-corrected chi connectivity index (χ1v) is 7.83. The highest BCUT2D eigenvalue weighted by Crippen LogP contribution is 2.17. The van der Waals surface area contributed by atoms with Gasteiger partial charge < -0.3 is 15.0 Å². The maximum atomic E-state index is 12.7. The molecule has 1 N–H and O–H groups in total. The maximum Gasteiger partial charge on any atom is 0.227 e. The van der Waals surface area contributed by atoms with Gasteiger partial charge in [-0.05, 0) is 30.5 Å². The molecule has 1 aliphatic heterocycles. The molecule has 0 bridgehead atoms. The molecule has 21 heavy (non-hydrogen) atoms. The van der Waals surface area contributed by atoms with Crippen LogP contribution in [0.4, 0.5) is 0 Å². The number of carbonyl (C=O) groups is 1. The van der Waals surface area contributed by atoms with E-state index in [4.69, 9.17) is 4.74 Å². The van der Waals surface area contributed by atoms with Crippen molar-refractivity contribution in [2.75, 3.05) is 20.2 Å². The quantitative estimate of drug-likeness (QED) is 0.904. The van der Waals surface area contributed by atoms with Gasteiger partial charge in [-0.15, -0.1) is 0 Å². The number of ether oxygens (including phenoxy) is 1. The molecule has 1 heterocycles. The Morgan fingerprint density at radius 3 is 2.86 bits per heavy atom. The van der Waals surface area contributed by atoms with Crippen molar-refractivity contribution < 1.29 is 9.53 Å². The van der Waals surface area contributed by atoms with Crippen LogP contribution in [0.15, 0.2) is 24.3 Å². The predicted molar refractivity (Wildman–Crippen MR) is 84.6 cm³/mol. The van der Waals surface area contributed by atoms with Gasteiger partial charge >= 0.3 is 0 Å². The Labute approximate surface area is 127 Å². The molecule has 2 unspecified atom stereocenters. The summed E-state index contributed by atoms with van der Waals surface area (Å²) in [6.45, 7) is 6.02. The Kier molecular flexibility index (Phi) is 5.62. The first-order valence-electron chi connectivity index (χ1n) is 7.83. The van der Waals surface area contributed by atoms with Gasteiger partial charge in [-0.3, -0.25) is 4.79 Å². The summed E-state index contributed by atoms with van der Waals surface area (Å²) in [6, 6.07) is 8.50. The molecule has 116 valence electrons. The molecule has 4 heteroatoms. The molecule has 0 radical (unpaired) electrons. The van der Waals surface area contributed by atoms with Crippen LogP contribution in [0.2, 0.25) is 0 Å². The van der Waals surface area contributed by atoms with E-state index in [1.54, 1.807) is 7.11 Å². The van der Waals surface area contributed by atoms with Crippen molar-refractivity contribution in [3.05, 3.63) is 29.8 Å². The van der Waals surface area contributed by atoms with Gasteiger partial charge in [0.2, 0.25) is 5.91 Å². The molecule has 1 aromatic rings. The fourth-order valence-corrected chi connectivity index (χ4v) is 2.87. The fraction of sp³-hybridized carbons (Fsp3) is 0.588. The lowest BCUT2D eigenvalue weighted by Crippen LogP contribution is -2.58. The lowest BCUT2D eigenvalue weighted by atomic mass is 10.0. The second-order valence-electron chi connectivity index (χ2n) is 5.65. The number of hydrogen-bond acceptors (Lipinski definition) is 3. The largest absolute Gasteiger partial charge is 0.497 e. The molecule has 2 rings (SSSR count). The summed E-state index contributed by atoms with van der Waals surface area (Å²) < 4.78 is 5.22. The summed E-state index contributed by atoms with van der Waals surface area (Å²) in [7, 11) is 1.65. The van der Waals surface area contributed by atoms with Crippen LogP contribution in [-0.2, 0) is 11.2 Å². The molecule has 0 spiro atoms. The number of piperazine rings is 1. The standard InChI is InChI=1S/C17H26N2O2/c1-4-14-12-19(15(5-2)11-18-14)17(20)10-13-7-6-8-16(9-13)21-3/h6-9,14-15,18H,4-5,10-12H2,1-3H3. The van der Waals surface area contributed by atoms with Crippen molar-refractivity contribution in [3.8, 4) is 5.75 Å². The molecule has 0 saturated carbocycles. The molecule has 1 saturated heterocycles. The average Bonchev–Trinajstić information content (AvgIpc) is 2.54. The van der Waals surface area contributed by atoms with Crippen LogP contribution < -0.4 is 10.1 Å². The molecule has 0 aromatic heterocycles. The zero-order valence-electron chi connectivity index (χ0n) is 13.3. The number of rotatable bonds is 5. The normalized spacial score (nSPS) is 22.1. The first-order chi connectivity index (χ1) is 10.2. The van der Waals surface area contributed by atoms with Crippen molar-refractivity contribution in [3.63, 3.8) is 0 Å². The third kappa shape index (κ3) is 3.97. The van der Waals surface area contributed by atoms with Crippen molar-refractivity contribution in [2.45, 2.75) is 45.2 Å². The number of carbonyl (C=O) groups excluding carboxylic acids is 1. The minimum absolute atomic E-state index is 0.218. The highest BCUT2D eigenvalue weighted by molar-refractivity contribution is 5.79. The fourth-order valence-electron chi connectivity index (χ4n) is 2.87. The molecule has 1 amide bonds. The number of benzene rings is 1. The Balaban J connectivity index is 2.05. The predicted octanol–water partition coefficient (Wildman–Crippen LogP) is 2.23. The SMILES string of the molecule is CCC1CN(C(=O)Cc2cccc(OC)c2)C(CC)CN1. The monoisotopic (exact) mass is 290 g/mol. The molecular formula is C17H26N2O2. The van der Waals surface area contributed by atoms with Gasteiger partial charge in [0, 0.05) is 25.2 Å². The van der Waals surface area contributed by atoms with E-state index in [0.29, 0.717) is 18.5 Å².